The minimum Gasteiger partial charge on any atom is -0.358 e. The van der Waals surface area contributed by atoms with E-state index in [-0.39, 0.29) is 5.41 Å². The van der Waals surface area contributed by atoms with Gasteiger partial charge in [-0.3, -0.25) is 0 Å². The number of fused-ring (bicyclic) bond motifs is 1. The Hall–Kier alpha value is -1.50. The lowest BCUT2D eigenvalue weighted by atomic mass is 9.83. The topological polar surface area (TPSA) is 12.0 Å². The molecule has 1 heteroatoms. The van der Waals surface area contributed by atoms with Crippen LogP contribution in [-0.2, 0) is 5.41 Å². The summed E-state index contributed by atoms with van der Waals surface area (Å²) in [5, 5.41) is 3.44. The van der Waals surface area contributed by atoms with Crippen molar-refractivity contribution in [3.8, 4) is 0 Å². The predicted molar refractivity (Wildman–Crippen MR) is 66.1 cm³/mol. The predicted octanol–water partition coefficient (Wildman–Crippen LogP) is 3.77. The van der Waals surface area contributed by atoms with E-state index in [2.05, 4.69) is 56.9 Å². The molecule has 0 radical (unpaired) electrons. The highest BCUT2D eigenvalue weighted by Crippen LogP contribution is 2.43. The van der Waals surface area contributed by atoms with E-state index >= 15 is 0 Å². The van der Waals surface area contributed by atoms with Crippen molar-refractivity contribution < 1.29 is 0 Å². The van der Waals surface area contributed by atoms with Crippen molar-refractivity contribution in [3.05, 3.63) is 53.8 Å². The van der Waals surface area contributed by atoms with E-state index in [4.69, 9.17) is 0 Å². The van der Waals surface area contributed by atoms with Crippen LogP contribution >= 0.6 is 0 Å². The van der Waals surface area contributed by atoms with Crippen molar-refractivity contribution in [2.24, 2.45) is 0 Å². The van der Waals surface area contributed by atoms with Gasteiger partial charge < -0.3 is 5.32 Å². The molecule has 0 atom stereocenters. The summed E-state index contributed by atoms with van der Waals surface area (Å²) in [5.41, 5.74) is 5.19. The number of allylic oxidation sites excluding steroid dienone is 3. The molecule has 0 aromatic heterocycles. The first kappa shape index (κ1) is 10.0. The van der Waals surface area contributed by atoms with E-state index in [0.29, 0.717) is 0 Å². The van der Waals surface area contributed by atoms with Gasteiger partial charge in [0.1, 0.15) is 0 Å². The molecule has 1 aromatic carbocycles. The van der Waals surface area contributed by atoms with Crippen molar-refractivity contribution in [3.63, 3.8) is 0 Å². The molecule has 1 nitrogen and oxygen atoms in total. The van der Waals surface area contributed by atoms with Crippen molar-refractivity contribution in [2.75, 3.05) is 5.32 Å². The molecule has 0 aliphatic carbocycles. The lowest BCUT2D eigenvalue weighted by molar-refractivity contribution is 0.653. The Morgan fingerprint density at radius 3 is 2.73 bits per heavy atom. The third-order valence-electron chi connectivity index (χ3n) is 3.08. The van der Waals surface area contributed by atoms with E-state index in [9.17, 15) is 0 Å². The Labute approximate surface area is 91.5 Å². The van der Waals surface area contributed by atoms with Gasteiger partial charge in [-0.25, -0.2) is 0 Å². The van der Waals surface area contributed by atoms with Crippen LogP contribution in [-0.4, -0.2) is 0 Å². The molecular formula is C14H17N. The fraction of sp³-hybridized carbons (Fsp3) is 0.286. The van der Waals surface area contributed by atoms with E-state index in [0.717, 1.165) is 0 Å². The normalized spacial score (nSPS) is 19.8. The van der Waals surface area contributed by atoms with Crippen LogP contribution in [0.15, 0.2) is 42.6 Å². The summed E-state index contributed by atoms with van der Waals surface area (Å²) in [7, 11) is 0. The average Bonchev–Trinajstić information content (AvgIpc) is 2.41. The average molecular weight is 199 g/mol. The second kappa shape index (κ2) is 3.27. The minimum atomic E-state index is 0.0650. The maximum absolute atomic E-state index is 3.75. The molecule has 1 N–H and O–H groups in total. The SMILES string of the molecule is C=C/C=C1/Nc2ccc(C)cc2C1(C)C. The minimum absolute atomic E-state index is 0.0650. The first-order chi connectivity index (χ1) is 7.05. The molecule has 0 saturated heterocycles. The molecule has 1 aromatic rings. The van der Waals surface area contributed by atoms with E-state index < -0.39 is 0 Å². The smallest absolute Gasteiger partial charge is 0.0424 e. The molecule has 1 aliphatic heterocycles. The van der Waals surface area contributed by atoms with Gasteiger partial charge in [0.05, 0.1) is 0 Å². The van der Waals surface area contributed by atoms with Crippen LogP contribution in [0, 0.1) is 6.92 Å². The molecule has 0 fully saturated rings. The van der Waals surface area contributed by atoms with E-state index in [1.165, 1.54) is 22.5 Å². The lowest BCUT2D eigenvalue weighted by Gasteiger charge is -2.20. The zero-order valence-electron chi connectivity index (χ0n) is 9.59. The molecule has 0 saturated carbocycles. The van der Waals surface area contributed by atoms with Gasteiger partial charge in [0, 0.05) is 16.8 Å². The summed E-state index contributed by atoms with van der Waals surface area (Å²) >= 11 is 0. The maximum Gasteiger partial charge on any atom is 0.0424 e. The van der Waals surface area contributed by atoms with Crippen LogP contribution in [0.2, 0.25) is 0 Å². The number of hydrogen-bond donors (Lipinski definition) is 1. The molecule has 1 aliphatic rings. The Kier molecular flexibility index (Phi) is 2.18. The highest BCUT2D eigenvalue weighted by molar-refractivity contribution is 5.68. The second-order valence-corrected chi connectivity index (χ2v) is 4.62. The van der Waals surface area contributed by atoms with Crippen molar-refractivity contribution in [2.45, 2.75) is 26.2 Å². The van der Waals surface area contributed by atoms with Gasteiger partial charge in [0.25, 0.3) is 0 Å². The Morgan fingerprint density at radius 2 is 2.07 bits per heavy atom. The number of rotatable bonds is 1. The molecule has 0 bridgehead atoms. The number of anilines is 1. The van der Waals surface area contributed by atoms with Crippen LogP contribution < -0.4 is 5.32 Å². The monoisotopic (exact) mass is 199 g/mol. The maximum atomic E-state index is 3.75. The summed E-state index contributed by atoms with van der Waals surface area (Å²) in [6, 6.07) is 6.54. The number of benzene rings is 1. The zero-order chi connectivity index (χ0) is 11.1. The highest BCUT2D eigenvalue weighted by atomic mass is 14.9. The quantitative estimate of drug-likeness (QED) is 0.726. The lowest BCUT2D eigenvalue weighted by Crippen LogP contribution is -2.17. The summed E-state index contributed by atoms with van der Waals surface area (Å²) in [5.74, 6) is 0. The van der Waals surface area contributed by atoms with Crippen molar-refractivity contribution in [1.82, 2.24) is 0 Å². The number of nitrogens with one attached hydrogen (secondary N) is 1. The zero-order valence-corrected chi connectivity index (χ0v) is 9.59. The summed E-state index contributed by atoms with van der Waals surface area (Å²) in [6.07, 6.45) is 3.89. The third-order valence-corrected chi connectivity index (χ3v) is 3.08. The van der Waals surface area contributed by atoms with Gasteiger partial charge in [-0.1, -0.05) is 44.2 Å². The summed E-state index contributed by atoms with van der Waals surface area (Å²) < 4.78 is 0. The fourth-order valence-electron chi connectivity index (χ4n) is 2.10. The number of aryl methyl sites for hydroxylation is 1. The molecule has 0 spiro atoms. The third kappa shape index (κ3) is 1.48. The first-order valence-electron chi connectivity index (χ1n) is 5.27. The summed E-state index contributed by atoms with van der Waals surface area (Å²) in [6.45, 7) is 10.4. The van der Waals surface area contributed by atoms with Crippen LogP contribution in [0.4, 0.5) is 5.69 Å². The van der Waals surface area contributed by atoms with Gasteiger partial charge in [-0.2, -0.15) is 0 Å². The van der Waals surface area contributed by atoms with Crippen LogP contribution in [0.25, 0.3) is 0 Å². The first-order valence-corrected chi connectivity index (χ1v) is 5.27. The van der Waals surface area contributed by atoms with E-state index in [1.54, 1.807) is 0 Å². The Balaban J connectivity index is 2.57. The van der Waals surface area contributed by atoms with Gasteiger partial charge >= 0.3 is 0 Å². The van der Waals surface area contributed by atoms with Gasteiger partial charge in [0.2, 0.25) is 0 Å². The van der Waals surface area contributed by atoms with E-state index in [1.807, 2.05) is 6.08 Å². The number of hydrogen-bond acceptors (Lipinski definition) is 1. The van der Waals surface area contributed by atoms with Gasteiger partial charge in [0.15, 0.2) is 0 Å². The fourth-order valence-corrected chi connectivity index (χ4v) is 2.10. The second-order valence-electron chi connectivity index (χ2n) is 4.62. The molecule has 2 rings (SSSR count). The van der Waals surface area contributed by atoms with Crippen LogP contribution in [0.5, 0.6) is 0 Å². The van der Waals surface area contributed by atoms with Crippen molar-refractivity contribution >= 4 is 5.69 Å². The Bertz CT molecular complexity index is 439. The highest BCUT2D eigenvalue weighted by Gasteiger charge is 2.34. The van der Waals surface area contributed by atoms with Gasteiger partial charge in [-0.05, 0) is 24.6 Å². The summed E-state index contributed by atoms with van der Waals surface area (Å²) in [4.78, 5) is 0. The van der Waals surface area contributed by atoms with Crippen LogP contribution in [0.3, 0.4) is 0 Å². The van der Waals surface area contributed by atoms with Crippen LogP contribution in [0.1, 0.15) is 25.0 Å². The molecule has 78 valence electrons. The molecule has 0 amide bonds. The molecule has 0 unspecified atom stereocenters. The van der Waals surface area contributed by atoms with Gasteiger partial charge in [-0.15, -0.1) is 0 Å². The Morgan fingerprint density at radius 1 is 1.33 bits per heavy atom. The standard InChI is InChI=1S/C14H17N/c1-5-6-13-14(3,4)11-9-10(2)7-8-12(11)15-13/h5-9,15H,1H2,2-4H3/b13-6+. The van der Waals surface area contributed by atoms with Crippen molar-refractivity contribution in [1.29, 1.82) is 0 Å². The molecule has 1 heterocycles. The molecule has 15 heavy (non-hydrogen) atoms. The largest absolute Gasteiger partial charge is 0.358 e. The molecular weight excluding hydrogens is 182 g/mol.